The Morgan fingerprint density at radius 2 is 1.62 bits per heavy atom. The topological polar surface area (TPSA) is 29.5 Å². The standard InChI is InChI=1S/C19H22O2/c1-11-5-6-18-16(7-11)17(20)10-19(21-18)15-9-13(3)12(2)8-14(15)4/h5-9,17,19-20H,10H2,1-4H3/t17-,19?/m1/s1. The van der Waals surface area contributed by atoms with Gasteiger partial charge in [0.1, 0.15) is 11.9 Å². The zero-order valence-corrected chi connectivity index (χ0v) is 13.1. The highest BCUT2D eigenvalue weighted by molar-refractivity contribution is 5.43. The first-order valence-corrected chi connectivity index (χ1v) is 7.48. The van der Waals surface area contributed by atoms with E-state index in [1.165, 1.54) is 22.3 Å². The monoisotopic (exact) mass is 282 g/mol. The van der Waals surface area contributed by atoms with Crippen molar-refractivity contribution in [2.24, 2.45) is 0 Å². The van der Waals surface area contributed by atoms with Crippen LogP contribution in [0.4, 0.5) is 0 Å². The highest BCUT2D eigenvalue weighted by Gasteiger charge is 2.29. The van der Waals surface area contributed by atoms with Gasteiger partial charge in [0, 0.05) is 12.0 Å². The Balaban J connectivity index is 1.99. The minimum atomic E-state index is -0.459. The van der Waals surface area contributed by atoms with E-state index in [0.29, 0.717) is 6.42 Å². The molecule has 2 nitrogen and oxygen atoms in total. The maximum absolute atomic E-state index is 10.5. The van der Waals surface area contributed by atoms with Gasteiger partial charge in [0.15, 0.2) is 0 Å². The summed E-state index contributed by atoms with van der Waals surface area (Å²) < 4.78 is 6.16. The molecule has 0 radical (unpaired) electrons. The van der Waals surface area contributed by atoms with E-state index in [1.807, 2.05) is 25.1 Å². The predicted octanol–water partition coefficient (Wildman–Crippen LogP) is 4.48. The molecular weight excluding hydrogens is 260 g/mol. The number of fused-ring (bicyclic) bond motifs is 1. The molecule has 1 unspecified atom stereocenters. The number of aliphatic hydroxyl groups is 1. The van der Waals surface area contributed by atoms with E-state index in [0.717, 1.165) is 16.9 Å². The Morgan fingerprint density at radius 1 is 0.905 bits per heavy atom. The van der Waals surface area contributed by atoms with E-state index >= 15 is 0 Å². The molecule has 110 valence electrons. The Morgan fingerprint density at radius 3 is 2.38 bits per heavy atom. The second-order valence-electron chi connectivity index (χ2n) is 6.19. The molecule has 1 aliphatic rings. The zero-order chi connectivity index (χ0) is 15.1. The lowest BCUT2D eigenvalue weighted by Crippen LogP contribution is -2.20. The van der Waals surface area contributed by atoms with Gasteiger partial charge in [0.05, 0.1) is 6.10 Å². The molecule has 2 heteroatoms. The van der Waals surface area contributed by atoms with Gasteiger partial charge >= 0.3 is 0 Å². The fourth-order valence-corrected chi connectivity index (χ4v) is 3.09. The lowest BCUT2D eigenvalue weighted by Gasteiger charge is -2.31. The van der Waals surface area contributed by atoms with Gasteiger partial charge in [-0.05, 0) is 62.1 Å². The lowest BCUT2D eigenvalue weighted by molar-refractivity contribution is 0.0653. The number of aliphatic hydroxyl groups excluding tert-OH is 1. The quantitative estimate of drug-likeness (QED) is 0.835. The number of hydrogen-bond donors (Lipinski definition) is 1. The van der Waals surface area contributed by atoms with Crippen LogP contribution in [0, 0.1) is 27.7 Å². The number of ether oxygens (including phenoxy) is 1. The molecule has 2 atom stereocenters. The van der Waals surface area contributed by atoms with Crippen molar-refractivity contribution in [2.45, 2.75) is 46.3 Å². The summed E-state index contributed by atoms with van der Waals surface area (Å²) in [4.78, 5) is 0. The van der Waals surface area contributed by atoms with Crippen LogP contribution >= 0.6 is 0 Å². The molecule has 0 aliphatic carbocycles. The Labute approximate surface area is 126 Å². The molecule has 0 saturated heterocycles. The summed E-state index contributed by atoms with van der Waals surface area (Å²) in [6.45, 7) is 8.39. The average Bonchev–Trinajstić information content (AvgIpc) is 2.43. The summed E-state index contributed by atoms with van der Waals surface area (Å²) in [5.41, 5.74) is 7.03. The van der Waals surface area contributed by atoms with E-state index < -0.39 is 6.10 Å². The first kappa shape index (κ1) is 14.2. The third-order valence-electron chi connectivity index (χ3n) is 4.46. The number of rotatable bonds is 1. The van der Waals surface area contributed by atoms with E-state index in [1.54, 1.807) is 0 Å². The van der Waals surface area contributed by atoms with Crippen LogP contribution in [0.3, 0.4) is 0 Å². The minimum Gasteiger partial charge on any atom is -0.485 e. The van der Waals surface area contributed by atoms with Crippen molar-refractivity contribution in [2.75, 3.05) is 0 Å². The lowest BCUT2D eigenvalue weighted by atomic mass is 9.90. The molecule has 1 heterocycles. The molecule has 0 amide bonds. The van der Waals surface area contributed by atoms with E-state index in [-0.39, 0.29) is 6.10 Å². The molecule has 0 saturated carbocycles. The molecule has 1 N–H and O–H groups in total. The second kappa shape index (κ2) is 5.19. The first-order valence-electron chi connectivity index (χ1n) is 7.48. The van der Waals surface area contributed by atoms with E-state index in [2.05, 4.69) is 32.9 Å². The van der Waals surface area contributed by atoms with Gasteiger partial charge in [0.2, 0.25) is 0 Å². The van der Waals surface area contributed by atoms with Crippen molar-refractivity contribution in [3.63, 3.8) is 0 Å². The Hall–Kier alpha value is -1.80. The molecule has 0 spiro atoms. The van der Waals surface area contributed by atoms with E-state index in [4.69, 9.17) is 4.74 Å². The van der Waals surface area contributed by atoms with Crippen molar-refractivity contribution < 1.29 is 9.84 Å². The van der Waals surface area contributed by atoms with Crippen molar-refractivity contribution in [3.8, 4) is 5.75 Å². The van der Waals surface area contributed by atoms with Crippen molar-refractivity contribution >= 4 is 0 Å². The maximum atomic E-state index is 10.5. The third-order valence-corrected chi connectivity index (χ3v) is 4.46. The van der Waals surface area contributed by atoms with Crippen molar-refractivity contribution in [3.05, 3.63) is 63.7 Å². The summed E-state index contributed by atoms with van der Waals surface area (Å²) >= 11 is 0. The van der Waals surface area contributed by atoms with Crippen LogP contribution in [0.5, 0.6) is 5.75 Å². The third kappa shape index (κ3) is 2.56. The summed E-state index contributed by atoms with van der Waals surface area (Å²) in [6.07, 6.45) is 0.0777. The van der Waals surface area contributed by atoms with Crippen LogP contribution in [-0.2, 0) is 0 Å². The van der Waals surface area contributed by atoms with Crippen molar-refractivity contribution in [1.82, 2.24) is 0 Å². The minimum absolute atomic E-state index is 0.0745. The van der Waals surface area contributed by atoms with Gasteiger partial charge in [0.25, 0.3) is 0 Å². The largest absolute Gasteiger partial charge is 0.485 e. The zero-order valence-electron chi connectivity index (χ0n) is 13.1. The van der Waals surface area contributed by atoms with E-state index in [9.17, 15) is 5.11 Å². The summed E-state index contributed by atoms with van der Waals surface area (Å²) in [7, 11) is 0. The number of aryl methyl sites for hydroxylation is 4. The second-order valence-corrected chi connectivity index (χ2v) is 6.19. The SMILES string of the molecule is Cc1ccc2c(c1)[C@H](O)CC(c1cc(C)c(C)cc1C)O2. The molecule has 2 aromatic carbocycles. The summed E-state index contributed by atoms with van der Waals surface area (Å²) in [5.74, 6) is 0.807. The average molecular weight is 282 g/mol. The van der Waals surface area contributed by atoms with Gasteiger partial charge in [-0.15, -0.1) is 0 Å². The molecular formula is C19H22O2. The highest BCUT2D eigenvalue weighted by atomic mass is 16.5. The number of benzene rings is 2. The van der Waals surface area contributed by atoms with Gasteiger partial charge < -0.3 is 9.84 Å². The van der Waals surface area contributed by atoms with Crippen LogP contribution in [0.15, 0.2) is 30.3 Å². The molecule has 1 aliphatic heterocycles. The maximum Gasteiger partial charge on any atom is 0.127 e. The molecule has 0 aromatic heterocycles. The van der Waals surface area contributed by atoms with Gasteiger partial charge in [-0.25, -0.2) is 0 Å². The smallest absolute Gasteiger partial charge is 0.127 e. The fraction of sp³-hybridized carbons (Fsp3) is 0.368. The molecule has 0 fully saturated rings. The first-order chi connectivity index (χ1) is 9.95. The highest BCUT2D eigenvalue weighted by Crippen LogP contribution is 2.42. The Bertz CT molecular complexity index is 688. The van der Waals surface area contributed by atoms with Crippen LogP contribution in [0.25, 0.3) is 0 Å². The van der Waals surface area contributed by atoms with Gasteiger partial charge in [-0.2, -0.15) is 0 Å². The fourth-order valence-electron chi connectivity index (χ4n) is 3.09. The molecule has 3 rings (SSSR count). The summed E-state index contributed by atoms with van der Waals surface area (Å²) in [6, 6.07) is 10.4. The molecule has 0 bridgehead atoms. The van der Waals surface area contributed by atoms with Crippen molar-refractivity contribution in [1.29, 1.82) is 0 Å². The molecule has 2 aromatic rings. The van der Waals surface area contributed by atoms with Crippen LogP contribution < -0.4 is 4.74 Å². The number of hydrogen-bond acceptors (Lipinski definition) is 2. The normalized spacial score (nSPS) is 20.8. The Kier molecular flexibility index (Phi) is 3.50. The predicted molar refractivity (Wildman–Crippen MR) is 84.8 cm³/mol. The van der Waals surface area contributed by atoms with Crippen LogP contribution in [0.1, 0.15) is 52.0 Å². The van der Waals surface area contributed by atoms with Crippen LogP contribution in [0.2, 0.25) is 0 Å². The van der Waals surface area contributed by atoms with Gasteiger partial charge in [-0.3, -0.25) is 0 Å². The van der Waals surface area contributed by atoms with Gasteiger partial charge in [-0.1, -0.05) is 23.8 Å². The molecule has 21 heavy (non-hydrogen) atoms. The summed E-state index contributed by atoms with van der Waals surface area (Å²) in [5, 5.41) is 10.5. The van der Waals surface area contributed by atoms with Crippen LogP contribution in [-0.4, -0.2) is 5.11 Å².